The van der Waals surface area contributed by atoms with Crippen molar-refractivity contribution in [2.24, 2.45) is 0 Å². The molecule has 0 amide bonds. The second-order valence-electron chi connectivity index (χ2n) is 9.39. The Hall–Kier alpha value is -3.97. The van der Waals surface area contributed by atoms with E-state index in [-0.39, 0.29) is 49.9 Å². The minimum Gasteiger partial charge on any atom is -0.493 e. The normalized spacial score (nSPS) is 11.0. The number of carbonyl (C=O) groups excluding carboxylic acids is 2. The molecule has 0 saturated carbocycles. The highest BCUT2D eigenvalue weighted by molar-refractivity contribution is 7.21. The highest BCUT2D eigenvalue weighted by atomic mass is 32.1. The summed E-state index contributed by atoms with van der Waals surface area (Å²) in [5, 5.41) is 9.34. The Morgan fingerprint density at radius 2 is 1.20 bits per heavy atom. The Balaban J connectivity index is 0.000000239. The van der Waals surface area contributed by atoms with Crippen molar-refractivity contribution in [1.82, 2.24) is 0 Å². The molecule has 0 atom stereocenters. The number of hydrogen-bond acceptors (Lipinski definition) is 10. The van der Waals surface area contributed by atoms with Crippen molar-refractivity contribution < 1.29 is 52.0 Å². The average Bonchev–Trinajstić information content (AvgIpc) is 3.53. The molecule has 0 aliphatic rings. The van der Waals surface area contributed by atoms with E-state index in [1.807, 2.05) is 0 Å². The van der Waals surface area contributed by atoms with Crippen LogP contribution in [-0.4, -0.2) is 56.9 Å². The minimum absolute atomic E-state index is 0.0188. The Bertz CT molecular complexity index is 1620. The van der Waals surface area contributed by atoms with Gasteiger partial charge in [0.05, 0.1) is 33.3 Å². The van der Waals surface area contributed by atoms with Gasteiger partial charge in [0.1, 0.15) is 16.9 Å². The predicted molar refractivity (Wildman–Crippen MR) is 152 cm³/mol. The zero-order valence-electron chi connectivity index (χ0n) is 23.3. The molecule has 41 heavy (non-hydrogen) atoms. The highest BCUT2D eigenvalue weighted by Gasteiger charge is 2.23. The summed E-state index contributed by atoms with van der Waals surface area (Å²) >= 11 is 2.09. The van der Waals surface area contributed by atoms with Gasteiger partial charge in [-0.2, -0.15) is 0 Å². The fourth-order valence-electron chi connectivity index (χ4n) is 3.72. The molecule has 2 aromatic carbocycles. The van der Waals surface area contributed by atoms with Crippen molar-refractivity contribution in [3.63, 3.8) is 0 Å². The first-order valence-corrected chi connectivity index (χ1v) is 13.5. The molecule has 2 aromatic heterocycles. The Morgan fingerprint density at radius 3 is 1.59 bits per heavy atom. The van der Waals surface area contributed by atoms with Gasteiger partial charge in [0.2, 0.25) is 0 Å². The number of carboxylic acid groups (broad SMARTS) is 1. The number of thiophene rings is 2. The Labute approximate surface area is 242 Å². The van der Waals surface area contributed by atoms with E-state index in [1.54, 1.807) is 32.9 Å². The van der Waals surface area contributed by atoms with Gasteiger partial charge in [-0.15, -0.1) is 22.7 Å². The van der Waals surface area contributed by atoms with Crippen molar-refractivity contribution in [3.8, 4) is 23.0 Å². The lowest BCUT2D eigenvalue weighted by Gasteiger charge is -2.18. The molecule has 2 heterocycles. The van der Waals surface area contributed by atoms with Crippen LogP contribution < -0.4 is 18.9 Å². The minimum atomic E-state index is -1.08. The standard InChI is InChI=1S/C17H19FO5S.C11H9FO4S/c1-17(2,3)23-14(20)7-10(19)13-6-9-12(24-13)8-11(21-4)16(22-5)15(9)18;1-15-6-4-7-5(9(12)10(6)16-2)3-8(17-7)11(13)14/h6,8H,7H2,1-5H3;3-4H,1-2H3,(H,13,14). The molecule has 220 valence electrons. The topological polar surface area (TPSA) is 118 Å². The van der Waals surface area contributed by atoms with Crippen LogP contribution >= 0.6 is 22.7 Å². The van der Waals surface area contributed by atoms with Gasteiger partial charge in [-0.3, -0.25) is 9.59 Å². The molecule has 0 spiro atoms. The van der Waals surface area contributed by atoms with Gasteiger partial charge in [0.25, 0.3) is 0 Å². The fraction of sp³-hybridized carbons (Fsp3) is 0.321. The lowest BCUT2D eigenvalue weighted by molar-refractivity contribution is -0.153. The summed E-state index contributed by atoms with van der Waals surface area (Å²) in [5.74, 6) is -2.85. The summed E-state index contributed by atoms with van der Waals surface area (Å²) in [7, 11) is 5.48. The summed E-state index contributed by atoms with van der Waals surface area (Å²) in [4.78, 5) is 35.2. The summed E-state index contributed by atoms with van der Waals surface area (Å²) in [6.07, 6.45) is -0.389. The van der Waals surface area contributed by atoms with E-state index in [0.717, 1.165) is 22.7 Å². The molecule has 9 nitrogen and oxygen atoms in total. The van der Waals surface area contributed by atoms with Crippen LogP contribution in [0.15, 0.2) is 24.3 Å². The largest absolute Gasteiger partial charge is 0.493 e. The summed E-state index contributed by atoms with van der Waals surface area (Å²) in [6.45, 7) is 5.17. The van der Waals surface area contributed by atoms with Gasteiger partial charge < -0.3 is 28.8 Å². The molecule has 13 heteroatoms. The summed E-state index contributed by atoms with van der Waals surface area (Å²) < 4.78 is 54.7. The second-order valence-corrected chi connectivity index (χ2v) is 11.6. The first-order chi connectivity index (χ1) is 19.2. The number of carboxylic acids is 1. The van der Waals surface area contributed by atoms with Crippen molar-refractivity contribution in [3.05, 3.63) is 45.7 Å². The molecule has 0 aliphatic carbocycles. The van der Waals surface area contributed by atoms with E-state index < -0.39 is 35.0 Å². The lowest BCUT2D eigenvalue weighted by Crippen LogP contribution is -2.25. The third-order valence-corrected chi connectivity index (χ3v) is 7.62. The summed E-state index contributed by atoms with van der Waals surface area (Å²) in [5.41, 5.74) is -0.662. The predicted octanol–water partition coefficient (Wildman–Crippen LogP) is 6.73. The third kappa shape index (κ3) is 7.03. The fourth-order valence-corrected chi connectivity index (χ4v) is 5.67. The third-order valence-electron chi connectivity index (χ3n) is 5.42. The Morgan fingerprint density at radius 1 is 0.756 bits per heavy atom. The SMILES string of the molecule is COc1cc2sc(C(=O)CC(=O)OC(C)(C)C)cc2c(F)c1OC.COc1cc2sc(C(=O)O)cc2c(F)c1OC. The van der Waals surface area contributed by atoms with Crippen LogP contribution in [0.5, 0.6) is 23.0 Å². The second kappa shape index (κ2) is 12.7. The van der Waals surface area contributed by atoms with E-state index in [9.17, 15) is 23.2 Å². The van der Waals surface area contributed by atoms with Crippen molar-refractivity contribution >= 4 is 60.6 Å². The summed E-state index contributed by atoms with van der Waals surface area (Å²) in [6, 6.07) is 5.88. The van der Waals surface area contributed by atoms with Crippen LogP contribution in [0, 0.1) is 11.6 Å². The van der Waals surface area contributed by atoms with Crippen LogP contribution in [0.25, 0.3) is 20.2 Å². The van der Waals surface area contributed by atoms with Crippen molar-refractivity contribution in [1.29, 1.82) is 0 Å². The molecule has 0 radical (unpaired) electrons. The van der Waals surface area contributed by atoms with Gasteiger partial charge in [0.15, 0.2) is 40.4 Å². The maximum absolute atomic E-state index is 14.5. The number of ether oxygens (including phenoxy) is 5. The number of Topliss-reactive ketones (excluding diaryl/α,β-unsaturated/α-hetero) is 1. The van der Waals surface area contributed by atoms with Crippen LogP contribution in [0.3, 0.4) is 0 Å². The monoisotopic (exact) mass is 610 g/mol. The van der Waals surface area contributed by atoms with Crippen molar-refractivity contribution in [2.75, 3.05) is 28.4 Å². The number of aromatic carboxylic acids is 1. The van der Waals surface area contributed by atoms with Gasteiger partial charge in [-0.25, -0.2) is 13.6 Å². The number of fused-ring (bicyclic) bond motifs is 2. The zero-order valence-corrected chi connectivity index (χ0v) is 24.9. The molecule has 0 aliphatic heterocycles. The van der Waals surface area contributed by atoms with Gasteiger partial charge in [0, 0.05) is 32.3 Å². The number of hydrogen-bond donors (Lipinski definition) is 1. The number of methoxy groups -OCH3 is 4. The molecule has 0 fully saturated rings. The van der Waals surface area contributed by atoms with E-state index in [2.05, 4.69) is 0 Å². The Kier molecular flexibility index (Phi) is 9.77. The molecular weight excluding hydrogens is 582 g/mol. The number of ketones is 1. The lowest BCUT2D eigenvalue weighted by atomic mass is 10.1. The highest BCUT2D eigenvalue weighted by Crippen LogP contribution is 2.41. The van der Waals surface area contributed by atoms with Gasteiger partial charge in [-0.05, 0) is 32.9 Å². The molecule has 4 aromatic rings. The quantitative estimate of drug-likeness (QED) is 0.132. The molecular formula is C28H28F2O9S2. The number of esters is 1. The number of carbonyl (C=O) groups is 3. The van der Waals surface area contributed by atoms with Crippen LogP contribution in [0.4, 0.5) is 8.78 Å². The van der Waals surface area contributed by atoms with E-state index in [1.165, 1.54) is 40.6 Å². The molecule has 1 N–H and O–H groups in total. The van der Waals surface area contributed by atoms with E-state index in [4.69, 9.17) is 28.8 Å². The van der Waals surface area contributed by atoms with E-state index in [0.29, 0.717) is 9.40 Å². The molecule has 4 rings (SSSR count). The van der Waals surface area contributed by atoms with Gasteiger partial charge >= 0.3 is 11.9 Å². The first-order valence-electron chi connectivity index (χ1n) is 11.9. The first kappa shape index (κ1) is 31.6. The number of halogens is 2. The maximum atomic E-state index is 14.5. The average molecular weight is 611 g/mol. The maximum Gasteiger partial charge on any atom is 0.345 e. The molecule has 0 bridgehead atoms. The van der Waals surface area contributed by atoms with Crippen molar-refractivity contribution in [2.45, 2.75) is 32.8 Å². The van der Waals surface area contributed by atoms with E-state index >= 15 is 0 Å². The van der Waals surface area contributed by atoms with Crippen LogP contribution in [-0.2, 0) is 9.53 Å². The van der Waals surface area contributed by atoms with Crippen LogP contribution in [0.2, 0.25) is 0 Å². The molecule has 0 unspecified atom stereocenters. The zero-order chi connectivity index (χ0) is 30.6. The number of rotatable bonds is 8. The number of benzene rings is 2. The molecule has 0 saturated heterocycles. The van der Waals surface area contributed by atoms with Crippen LogP contribution in [0.1, 0.15) is 46.5 Å². The van der Waals surface area contributed by atoms with Gasteiger partial charge in [-0.1, -0.05) is 0 Å². The smallest absolute Gasteiger partial charge is 0.345 e.